The molecule has 0 saturated heterocycles. The summed E-state index contributed by atoms with van der Waals surface area (Å²) in [6, 6.07) is 5.40. The number of imidazole rings is 1. The lowest BCUT2D eigenvalue weighted by molar-refractivity contribution is -0.148. The third-order valence-corrected chi connectivity index (χ3v) is 2.55. The van der Waals surface area contributed by atoms with E-state index >= 15 is 0 Å². The summed E-state index contributed by atoms with van der Waals surface area (Å²) < 4.78 is 6.93. The second-order valence-corrected chi connectivity index (χ2v) is 5.57. The van der Waals surface area contributed by atoms with E-state index < -0.39 is 5.60 Å². The molecular formula is C14H15ClN2O2. The number of aromatic nitrogens is 2. The van der Waals surface area contributed by atoms with Crippen molar-refractivity contribution in [2.45, 2.75) is 26.4 Å². The Kier molecular flexibility index (Phi) is 3.62. The Morgan fingerprint density at radius 2 is 2.16 bits per heavy atom. The SMILES string of the molecule is CC(C)(C)OC(=O)/C=C/n1cnc2cc(Cl)ccc21. The van der Waals surface area contributed by atoms with Gasteiger partial charge in [-0.2, -0.15) is 0 Å². The largest absolute Gasteiger partial charge is 0.457 e. The van der Waals surface area contributed by atoms with Gasteiger partial charge in [-0.25, -0.2) is 9.78 Å². The van der Waals surface area contributed by atoms with E-state index in [9.17, 15) is 4.79 Å². The van der Waals surface area contributed by atoms with Gasteiger partial charge in [0.15, 0.2) is 0 Å². The number of esters is 1. The van der Waals surface area contributed by atoms with Crippen molar-refractivity contribution in [2.75, 3.05) is 0 Å². The summed E-state index contributed by atoms with van der Waals surface area (Å²) in [4.78, 5) is 15.8. The standard InChI is InChI=1S/C14H15ClN2O2/c1-14(2,3)19-13(18)6-7-17-9-16-11-8-10(15)4-5-12(11)17/h4-9H,1-3H3/b7-6+. The maximum Gasteiger partial charge on any atom is 0.332 e. The predicted octanol–water partition coefficient (Wildman–Crippen LogP) is 3.50. The predicted molar refractivity (Wildman–Crippen MR) is 75.9 cm³/mol. The van der Waals surface area contributed by atoms with Crippen LogP contribution >= 0.6 is 11.6 Å². The molecule has 0 spiro atoms. The Hall–Kier alpha value is -1.81. The molecule has 0 amide bonds. The number of nitrogens with zero attached hydrogens (tertiary/aromatic N) is 2. The molecule has 0 aliphatic heterocycles. The van der Waals surface area contributed by atoms with Crippen LogP contribution in [-0.2, 0) is 9.53 Å². The van der Waals surface area contributed by atoms with Crippen molar-refractivity contribution in [3.05, 3.63) is 35.6 Å². The van der Waals surface area contributed by atoms with Crippen molar-refractivity contribution in [3.8, 4) is 0 Å². The zero-order valence-electron chi connectivity index (χ0n) is 11.1. The monoisotopic (exact) mass is 278 g/mol. The molecular weight excluding hydrogens is 264 g/mol. The summed E-state index contributed by atoms with van der Waals surface area (Å²) in [6.07, 6.45) is 4.63. The van der Waals surface area contributed by atoms with Gasteiger partial charge in [0.05, 0.1) is 17.4 Å². The average molecular weight is 279 g/mol. The van der Waals surface area contributed by atoms with Crippen LogP contribution in [0.5, 0.6) is 0 Å². The molecule has 4 nitrogen and oxygen atoms in total. The van der Waals surface area contributed by atoms with Crippen molar-refractivity contribution in [2.24, 2.45) is 0 Å². The van der Waals surface area contributed by atoms with Crippen LogP contribution in [0.2, 0.25) is 5.02 Å². The number of halogens is 1. The maximum absolute atomic E-state index is 11.6. The Morgan fingerprint density at radius 1 is 1.42 bits per heavy atom. The Bertz CT molecular complexity index is 638. The molecule has 5 heteroatoms. The van der Waals surface area contributed by atoms with E-state index in [1.807, 2.05) is 26.8 Å². The van der Waals surface area contributed by atoms with Crippen molar-refractivity contribution in [1.82, 2.24) is 9.55 Å². The number of hydrogen-bond acceptors (Lipinski definition) is 3. The first-order valence-electron chi connectivity index (χ1n) is 5.88. The molecule has 1 aromatic heterocycles. The average Bonchev–Trinajstić information content (AvgIpc) is 2.66. The zero-order chi connectivity index (χ0) is 14.0. The first-order valence-corrected chi connectivity index (χ1v) is 6.26. The molecule has 0 aliphatic carbocycles. The van der Waals surface area contributed by atoms with E-state index in [-0.39, 0.29) is 5.97 Å². The molecule has 1 aromatic carbocycles. The fourth-order valence-corrected chi connectivity index (χ4v) is 1.77. The highest BCUT2D eigenvalue weighted by atomic mass is 35.5. The van der Waals surface area contributed by atoms with E-state index in [4.69, 9.17) is 16.3 Å². The number of carbonyl (C=O) groups excluding carboxylic acids is 1. The molecule has 100 valence electrons. The number of hydrogen-bond donors (Lipinski definition) is 0. The Balaban J connectivity index is 2.20. The number of fused-ring (bicyclic) bond motifs is 1. The fraction of sp³-hybridized carbons (Fsp3) is 0.286. The van der Waals surface area contributed by atoms with Crippen LogP contribution in [0.4, 0.5) is 0 Å². The first kappa shape index (κ1) is 13.6. The smallest absolute Gasteiger partial charge is 0.332 e. The molecule has 0 atom stereocenters. The van der Waals surface area contributed by atoms with Crippen molar-refractivity contribution in [3.63, 3.8) is 0 Å². The van der Waals surface area contributed by atoms with E-state index in [2.05, 4.69) is 4.98 Å². The Labute approximate surface area is 116 Å². The maximum atomic E-state index is 11.6. The lowest BCUT2D eigenvalue weighted by Crippen LogP contribution is -2.22. The second-order valence-electron chi connectivity index (χ2n) is 5.13. The highest BCUT2D eigenvalue weighted by Crippen LogP contribution is 2.18. The normalized spacial score (nSPS) is 12.2. The molecule has 0 bridgehead atoms. The molecule has 0 unspecified atom stereocenters. The lowest BCUT2D eigenvalue weighted by Gasteiger charge is -2.17. The summed E-state index contributed by atoms with van der Waals surface area (Å²) in [7, 11) is 0. The summed E-state index contributed by atoms with van der Waals surface area (Å²) in [5, 5.41) is 0.633. The molecule has 1 heterocycles. The zero-order valence-corrected chi connectivity index (χ0v) is 11.8. The van der Waals surface area contributed by atoms with E-state index in [1.165, 1.54) is 6.08 Å². The molecule has 2 rings (SSSR count). The van der Waals surface area contributed by atoms with E-state index in [0.29, 0.717) is 5.02 Å². The van der Waals surface area contributed by atoms with Gasteiger partial charge in [0.1, 0.15) is 5.60 Å². The molecule has 0 fully saturated rings. The van der Waals surface area contributed by atoms with Gasteiger partial charge < -0.3 is 9.30 Å². The van der Waals surface area contributed by atoms with Gasteiger partial charge in [-0.3, -0.25) is 0 Å². The van der Waals surface area contributed by atoms with Gasteiger partial charge in [0.2, 0.25) is 0 Å². The Morgan fingerprint density at radius 3 is 2.84 bits per heavy atom. The first-order chi connectivity index (χ1) is 8.85. The minimum absolute atomic E-state index is 0.386. The third-order valence-electron chi connectivity index (χ3n) is 2.31. The third kappa shape index (κ3) is 3.58. The van der Waals surface area contributed by atoms with Crippen LogP contribution in [-0.4, -0.2) is 21.1 Å². The van der Waals surface area contributed by atoms with Gasteiger partial charge in [-0.15, -0.1) is 0 Å². The summed E-state index contributed by atoms with van der Waals surface area (Å²) >= 11 is 5.89. The quantitative estimate of drug-likeness (QED) is 0.624. The van der Waals surface area contributed by atoms with Crippen molar-refractivity contribution >= 4 is 34.8 Å². The van der Waals surface area contributed by atoms with Crippen LogP contribution in [0.3, 0.4) is 0 Å². The summed E-state index contributed by atoms with van der Waals surface area (Å²) in [5.41, 5.74) is 1.16. The number of rotatable bonds is 2. The van der Waals surface area contributed by atoms with Gasteiger partial charge in [-0.05, 0) is 39.0 Å². The number of benzene rings is 1. The number of ether oxygens (including phenoxy) is 1. The molecule has 0 N–H and O–H groups in total. The van der Waals surface area contributed by atoms with Crippen molar-refractivity contribution < 1.29 is 9.53 Å². The highest BCUT2D eigenvalue weighted by Gasteiger charge is 2.13. The van der Waals surface area contributed by atoms with Crippen LogP contribution in [0, 0.1) is 0 Å². The van der Waals surface area contributed by atoms with Gasteiger partial charge in [0, 0.05) is 17.3 Å². The van der Waals surface area contributed by atoms with E-state index in [1.54, 1.807) is 29.2 Å². The molecule has 0 radical (unpaired) electrons. The van der Waals surface area contributed by atoms with Crippen LogP contribution in [0.15, 0.2) is 30.6 Å². The lowest BCUT2D eigenvalue weighted by atomic mass is 10.2. The fourth-order valence-electron chi connectivity index (χ4n) is 1.60. The molecule has 0 aliphatic rings. The van der Waals surface area contributed by atoms with Crippen LogP contribution < -0.4 is 0 Å². The number of carbonyl (C=O) groups is 1. The molecule has 0 saturated carbocycles. The van der Waals surface area contributed by atoms with E-state index in [0.717, 1.165) is 11.0 Å². The van der Waals surface area contributed by atoms with Crippen LogP contribution in [0.1, 0.15) is 20.8 Å². The van der Waals surface area contributed by atoms with Gasteiger partial charge in [-0.1, -0.05) is 11.6 Å². The van der Waals surface area contributed by atoms with Crippen LogP contribution in [0.25, 0.3) is 17.2 Å². The minimum Gasteiger partial charge on any atom is -0.457 e. The second kappa shape index (κ2) is 5.05. The minimum atomic E-state index is -0.494. The van der Waals surface area contributed by atoms with Gasteiger partial charge >= 0.3 is 5.97 Å². The molecule has 2 aromatic rings. The molecule has 19 heavy (non-hydrogen) atoms. The highest BCUT2D eigenvalue weighted by molar-refractivity contribution is 6.31. The summed E-state index contributed by atoms with van der Waals surface area (Å²) in [5.74, 6) is -0.386. The van der Waals surface area contributed by atoms with Crippen molar-refractivity contribution in [1.29, 1.82) is 0 Å². The topological polar surface area (TPSA) is 44.1 Å². The van der Waals surface area contributed by atoms with Gasteiger partial charge in [0.25, 0.3) is 0 Å². The summed E-state index contributed by atoms with van der Waals surface area (Å²) in [6.45, 7) is 5.48.